The van der Waals surface area contributed by atoms with E-state index in [1.807, 2.05) is 31.3 Å². The standard InChI is InChI=1S/C21H26N6O/c1-16-25-18-7-3-4-8-19(18)27(16)14-12-24-21(22-2)26-13-10-17(15-26)28-20-9-5-6-11-23-20/h3-9,11,17H,10,12-15H2,1-2H3,(H,22,24). The van der Waals surface area contributed by atoms with Crippen molar-refractivity contribution in [2.75, 3.05) is 26.7 Å². The zero-order valence-corrected chi connectivity index (χ0v) is 16.4. The summed E-state index contributed by atoms with van der Waals surface area (Å²) < 4.78 is 8.22. The van der Waals surface area contributed by atoms with Gasteiger partial charge in [-0.1, -0.05) is 18.2 Å². The molecule has 1 aliphatic rings. The van der Waals surface area contributed by atoms with Crippen LogP contribution in [0.5, 0.6) is 5.88 Å². The van der Waals surface area contributed by atoms with Gasteiger partial charge in [-0.15, -0.1) is 0 Å². The smallest absolute Gasteiger partial charge is 0.213 e. The topological polar surface area (TPSA) is 67.6 Å². The lowest BCUT2D eigenvalue weighted by molar-refractivity contribution is 0.205. The minimum Gasteiger partial charge on any atom is -0.472 e. The summed E-state index contributed by atoms with van der Waals surface area (Å²) in [5.41, 5.74) is 2.21. The molecule has 1 aromatic carbocycles. The highest BCUT2D eigenvalue weighted by Crippen LogP contribution is 2.17. The van der Waals surface area contributed by atoms with Crippen molar-refractivity contribution in [1.82, 2.24) is 24.8 Å². The van der Waals surface area contributed by atoms with E-state index in [2.05, 4.69) is 54.9 Å². The zero-order valence-electron chi connectivity index (χ0n) is 16.4. The highest BCUT2D eigenvalue weighted by molar-refractivity contribution is 5.80. The number of ether oxygens (including phenoxy) is 1. The molecule has 4 rings (SSSR count). The normalized spacial score (nSPS) is 17.3. The van der Waals surface area contributed by atoms with Crippen LogP contribution in [0.1, 0.15) is 12.2 Å². The summed E-state index contributed by atoms with van der Waals surface area (Å²) >= 11 is 0. The van der Waals surface area contributed by atoms with Gasteiger partial charge >= 0.3 is 0 Å². The zero-order chi connectivity index (χ0) is 19.3. The van der Waals surface area contributed by atoms with E-state index in [0.717, 1.165) is 49.9 Å². The van der Waals surface area contributed by atoms with Gasteiger partial charge in [0.2, 0.25) is 5.88 Å². The van der Waals surface area contributed by atoms with Gasteiger partial charge in [-0.3, -0.25) is 4.99 Å². The van der Waals surface area contributed by atoms with Gasteiger partial charge in [-0.25, -0.2) is 9.97 Å². The maximum Gasteiger partial charge on any atom is 0.213 e. The van der Waals surface area contributed by atoms with Crippen LogP contribution in [0, 0.1) is 6.92 Å². The number of guanidine groups is 1. The molecule has 0 spiro atoms. The van der Waals surface area contributed by atoms with Crippen LogP contribution in [0.15, 0.2) is 53.7 Å². The van der Waals surface area contributed by atoms with Gasteiger partial charge in [-0.2, -0.15) is 0 Å². The van der Waals surface area contributed by atoms with E-state index >= 15 is 0 Å². The van der Waals surface area contributed by atoms with Crippen LogP contribution in [0.4, 0.5) is 0 Å². The Balaban J connectivity index is 1.32. The molecular weight excluding hydrogens is 352 g/mol. The van der Waals surface area contributed by atoms with Gasteiger partial charge in [0.25, 0.3) is 0 Å². The Morgan fingerprint density at radius 2 is 2.11 bits per heavy atom. The predicted octanol–water partition coefficient (Wildman–Crippen LogP) is 2.47. The Morgan fingerprint density at radius 1 is 1.25 bits per heavy atom. The lowest BCUT2D eigenvalue weighted by atomic mass is 10.3. The minimum absolute atomic E-state index is 0.133. The Morgan fingerprint density at radius 3 is 2.93 bits per heavy atom. The maximum atomic E-state index is 5.98. The molecule has 0 amide bonds. The van der Waals surface area contributed by atoms with Crippen molar-refractivity contribution in [3.63, 3.8) is 0 Å². The van der Waals surface area contributed by atoms with Gasteiger partial charge < -0.3 is 19.5 Å². The molecule has 1 N–H and O–H groups in total. The predicted molar refractivity (Wildman–Crippen MR) is 111 cm³/mol. The summed E-state index contributed by atoms with van der Waals surface area (Å²) in [6, 6.07) is 14.0. The lowest BCUT2D eigenvalue weighted by Gasteiger charge is -2.22. The SMILES string of the molecule is CN=C(NCCn1c(C)nc2ccccc21)N1CCC(Oc2ccccn2)C1. The van der Waals surface area contributed by atoms with E-state index in [0.29, 0.717) is 5.88 Å². The molecular formula is C21H26N6O. The fourth-order valence-electron chi connectivity index (χ4n) is 3.69. The van der Waals surface area contributed by atoms with Crippen LogP contribution in [0.3, 0.4) is 0 Å². The molecule has 1 atom stereocenters. The monoisotopic (exact) mass is 378 g/mol. The van der Waals surface area contributed by atoms with Crippen molar-refractivity contribution in [3.05, 3.63) is 54.5 Å². The largest absolute Gasteiger partial charge is 0.472 e. The van der Waals surface area contributed by atoms with Crippen LogP contribution < -0.4 is 10.1 Å². The molecule has 1 unspecified atom stereocenters. The number of aromatic nitrogens is 3. The van der Waals surface area contributed by atoms with Crippen molar-refractivity contribution in [3.8, 4) is 5.88 Å². The van der Waals surface area contributed by atoms with E-state index < -0.39 is 0 Å². The first-order valence-corrected chi connectivity index (χ1v) is 9.70. The Kier molecular flexibility index (Phi) is 5.41. The third-order valence-electron chi connectivity index (χ3n) is 5.05. The molecule has 0 radical (unpaired) electrons. The van der Waals surface area contributed by atoms with Crippen LogP contribution in [-0.4, -0.2) is 58.2 Å². The Hall–Kier alpha value is -3.09. The molecule has 2 aromatic heterocycles. The van der Waals surface area contributed by atoms with Gasteiger partial charge in [-0.05, 0) is 25.1 Å². The molecule has 0 saturated carbocycles. The first-order chi connectivity index (χ1) is 13.7. The number of benzene rings is 1. The van der Waals surface area contributed by atoms with E-state index in [4.69, 9.17) is 4.74 Å². The van der Waals surface area contributed by atoms with Gasteiger partial charge in [0.05, 0.1) is 17.6 Å². The van der Waals surface area contributed by atoms with Gasteiger partial charge in [0, 0.05) is 45.4 Å². The van der Waals surface area contributed by atoms with Crippen LogP contribution in [0.25, 0.3) is 11.0 Å². The number of fused-ring (bicyclic) bond motifs is 1. The average Bonchev–Trinajstić information content (AvgIpc) is 3.30. The van der Waals surface area contributed by atoms with Crippen molar-refractivity contribution in [2.24, 2.45) is 4.99 Å². The second-order valence-electron chi connectivity index (χ2n) is 6.92. The van der Waals surface area contributed by atoms with Crippen molar-refractivity contribution < 1.29 is 4.74 Å². The minimum atomic E-state index is 0.133. The van der Waals surface area contributed by atoms with Crippen LogP contribution in [-0.2, 0) is 6.54 Å². The number of aliphatic imine (C=N–C) groups is 1. The Bertz CT molecular complexity index is 952. The summed E-state index contributed by atoms with van der Waals surface area (Å²) in [7, 11) is 1.83. The lowest BCUT2D eigenvalue weighted by Crippen LogP contribution is -2.42. The molecule has 3 heterocycles. The molecule has 7 nitrogen and oxygen atoms in total. The fraction of sp³-hybridized carbons (Fsp3) is 0.381. The molecule has 1 fully saturated rings. The highest BCUT2D eigenvalue weighted by Gasteiger charge is 2.26. The molecule has 3 aromatic rings. The highest BCUT2D eigenvalue weighted by atomic mass is 16.5. The van der Waals surface area contributed by atoms with Crippen LogP contribution >= 0.6 is 0 Å². The fourth-order valence-corrected chi connectivity index (χ4v) is 3.69. The molecule has 0 aliphatic carbocycles. The van der Waals surface area contributed by atoms with E-state index in [1.54, 1.807) is 6.20 Å². The summed E-state index contributed by atoms with van der Waals surface area (Å²) in [5.74, 6) is 2.62. The van der Waals surface area contributed by atoms with Gasteiger partial charge in [0.1, 0.15) is 11.9 Å². The first kappa shape index (κ1) is 18.3. The Labute approximate surface area is 165 Å². The summed E-state index contributed by atoms with van der Waals surface area (Å²) in [6.45, 7) is 5.41. The maximum absolute atomic E-state index is 5.98. The van der Waals surface area contributed by atoms with Gasteiger partial charge in [0.15, 0.2) is 5.96 Å². The van der Waals surface area contributed by atoms with E-state index in [9.17, 15) is 0 Å². The van der Waals surface area contributed by atoms with E-state index in [1.165, 1.54) is 5.52 Å². The molecule has 146 valence electrons. The molecule has 1 aliphatic heterocycles. The first-order valence-electron chi connectivity index (χ1n) is 9.70. The molecule has 1 saturated heterocycles. The number of hydrogen-bond donors (Lipinski definition) is 1. The number of nitrogens with zero attached hydrogens (tertiary/aromatic N) is 5. The number of hydrogen-bond acceptors (Lipinski definition) is 4. The molecule has 28 heavy (non-hydrogen) atoms. The second-order valence-corrected chi connectivity index (χ2v) is 6.92. The van der Waals surface area contributed by atoms with Crippen LogP contribution in [0.2, 0.25) is 0 Å². The van der Waals surface area contributed by atoms with Crippen molar-refractivity contribution in [1.29, 1.82) is 0 Å². The number of nitrogens with one attached hydrogen (secondary N) is 1. The van der Waals surface area contributed by atoms with Crippen molar-refractivity contribution >= 4 is 17.0 Å². The number of pyridine rings is 1. The summed E-state index contributed by atoms with van der Waals surface area (Å²) in [5, 5.41) is 3.48. The summed E-state index contributed by atoms with van der Waals surface area (Å²) in [6.07, 6.45) is 2.85. The number of para-hydroxylation sites is 2. The molecule has 7 heteroatoms. The van der Waals surface area contributed by atoms with E-state index in [-0.39, 0.29) is 6.10 Å². The quantitative estimate of drug-likeness (QED) is 0.546. The second kappa shape index (κ2) is 8.29. The third kappa shape index (κ3) is 3.93. The number of likely N-dealkylation sites (tertiary alicyclic amines) is 1. The number of rotatable bonds is 5. The summed E-state index contributed by atoms with van der Waals surface area (Å²) in [4.78, 5) is 15.6. The third-order valence-corrected chi connectivity index (χ3v) is 5.05. The molecule has 0 bridgehead atoms. The van der Waals surface area contributed by atoms with Crippen molar-refractivity contribution in [2.45, 2.75) is 26.0 Å². The average molecular weight is 378 g/mol. The number of aryl methyl sites for hydroxylation is 1. The number of imidazole rings is 1.